The smallest absolute Gasteiger partial charge is 0.0371 e. The molecule has 0 fully saturated rings. The molecule has 0 amide bonds. The number of nitrogens with two attached hydrogens (primary N) is 1. The van der Waals surface area contributed by atoms with E-state index in [0.717, 1.165) is 6.54 Å². The van der Waals surface area contributed by atoms with Crippen LogP contribution in [0.5, 0.6) is 0 Å². The number of hydrogen-bond donors (Lipinski definition) is 1. The summed E-state index contributed by atoms with van der Waals surface area (Å²) < 4.78 is 0. The second-order valence-corrected chi connectivity index (χ2v) is 5.01. The van der Waals surface area contributed by atoms with Crippen molar-refractivity contribution in [2.75, 3.05) is 11.4 Å². The highest BCUT2D eigenvalue weighted by Gasteiger charge is 2.12. The molecule has 0 saturated heterocycles. The van der Waals surface area contributed by atoms with Crippen molar-refractivity contribution in [2.45, 2.75) is 40.3 Å². The van der Waals surface area contributed by atoms with Gasteiger partial charge in [-0.15, -0.1) is 0 Å². The fraction of sp³-hybridized carbons (Fsp3) is 0.571. The summed E-state index contributed by atoms with van der Waals surface area (Å²) in [5.74, 6) is 0.670. The van der Waals surface area contributed by atoms with Gasteiger partial charge in [-0.25, -0.2) is 0 Å². The van der Waals surface area contributed by atoms with Gasteiger partial charge in [-0.05, 0) is 37.5 Å². The van der Waals surface area contributed by atoms with E-state index in [9.17, 15) is 0 Å². The van der Waals surface area contributed by atoms with Crippen molar-refractivity contribution in [3.63, 3.8) is 0 Å². The molecule has 0 spiro atoms. The van der Waals surface area contributed by atoms with Gasteiger partial charge in [0.25, 0.3) is 0 Å². The van der Waals surface area contributed by atoms with Crippen molar-refractivity contribution in [2.24, 2.45) is 11.7 Å². The second-order valence-electron chi connectivity index (χ2n) is 5.01. The summed E-state index contributed by atoms with van der Waals surface area (Å²) in [5.41, 5.74) is 8.16. The van der Waals surface area contributed by atoms with Crippen molar-refractivity contribution >= 4 is 5.69 Å². The largest absolute Gasteiger partial charge is 0.369 e. The van der Waals surface area contributed by atoms with Crippen LogP contribution in [0.25, 0.3) is 0 Å². The van der Waals surface area contributed by atoms with E-state index in [1.54, 1.807) is 0 Å². The minimum absolute atomic E-state index is 0.524. The van der Waals surface area contributed by atoms with Crippen molar-refractivity contribution in [1.82, 2.24) is 0 Å². The molecular formula is C14H24N2. The highest BCUT2D eigenvalue weighted by atomic mass is 15.2. The molecule has 1 rings (SSSR count). The Morgan fingerprint density at radius 1 is 1.19 bits per heavy atom. The van der Waals surface area contributed by atoms with E-state index in [0.29, 0.717) is 18.5 Å². The van der Waals surface area contributed by atoms with E-state index >= 15 is 0 Å². The van der Waals surface area contributed by atoms with Crippen LogP contribution in [-0.2, 0) is 6.54 Å². The Balaban J connectivity index is 2.91. The molecule has 0 radical (unpaired) electrons. The van der Waals surface area contributed by atoms with Crippen LogP contribution in [0.15, 0.2) is 24.3 Å². The van der Waals surface area contributed by atoms with E-state index in [1.165, 1.54) is 11.3 Å². The van der Waals surface area contributed by atoms with Gasteiger partial charge < -0.3 is 10.6 Å². The van der Waals surface area contributed by atoms with Crippen LogP contribution in [0, 0.1) is 5.92 Å². The summed E-state index contributed by atoms with van der Waals surface area (Å²) in [6, 6.07) is 9.06. The molecule has 0 unspecified atom stereocenters. The molecule has 0 atom stereocenters. The quantitative estimate of drug-likeness (QED) is 0.826. The Kier molecular flexibility index (Phi) is 4.81. The maximum Gasteiger partial charge on any atom is 0.0371 e. The van der Waals surface area contributed by atoms with Gasteiger partial charge >= 0.3 is 0 Å². The highest BCUT2D eigenvalue weighted by molar-refractivity contribution is 5.49. The third kappa shape index (κ3) is 3.53. The molecular weight excluding hydrogens is 196 g/mol. The molecule has 2 nitrogen and oxygen atoms in total. The monoisotopic (exact) mass is 220 g/mol. The van der Waals surface area contributed by atoms with Crippen LogP contribution in [0.3, 0.4) is 0 Å². The Hall–Kier alpha value is -1.02. The number of benzene rings is 1. The summed E-state index contributed by atoms with van der Waals surface area (Å²) >= 11 is 0. The van der Waals surface area contributed by atoms with Crippen molar-refractivity contribution in [3.05, 3.63) is 29.8 Å². The summed E-state index contributed by atoms with van der Waals surface area (Å²) in [6.45, 7) is 10.7. The van der Waals surface area contributed by atoms with Gasteiger partial charge in [0.15, 0.2) is 0 Å². The number of hydrogen-bond acceptors (Lipinski definition) is 2. The topological polar surface area (TPSA) is 29.3 Å². The van der Waals surface area contributed by atoms with E-state index in [4.69, 9.17) is 5.73 Å². The van der Waals surface area contributed by atoms with E-state index < -0.39 is 0 Å². The van der Waals surface area contributed by atoms with Crippen LogP contribution < -0.4 is 10.6 Å². The molecule has 0 heterocycles. The third-order valence-corrected chi connectivity index (χ3v) is 2.66. The van der Waals surface area contributed by atoms with Gasteiger partial charge in [0.1, 0.15) is 0 Å². The Labute approximate surface area is 99.5 Å². The normalized spacial score (nSPS) is 11.2. The molecule has 0 aliphatic rings. The first kappa shape index (κ1) is 13.0. The first-order valence-electron chi connectivity index (χ1n) is 6.10. The van der Waals surface area contributed by atoms with Gasteiger partial charge in [-0.3, -0.25) is 0 Å². The van der Waals surface area contributed by atoms with Crippen LogP contribution >= 0.6 is 0 Å². The van der Waals surface area contributed by atoms with E-state index in [1.807, 2.05) is 0 Å². The van der Waals surface area contributed by atoms with Gasteiger partial charge in [0.2, 0.25) is 0 Å². The second kappa shape index (κ2) is 5.90. The molecule has 1 aromatic carbocycles. The van der Waals surface area contributed by atoms with Crippen molar-refractivity contribution in [3.8, 4) is 0 Å². The highest BCUT2D eigenvalue weighted by Crippen LogP contribution is 2.20. The number of anilines is 1. The predicted molar refractivity (Wildman–Crippen MR) is 71.7 cm³/mol. The van der Waals surface area contributed by atoms with Gasteiger partial charge in [0, 0.05) is 24.8 Å². The molecule has 16 heavy (non-hydrogen) atoms. The van der Waals surface area contributed by atoms with E-state index in [2.05, 4.69) is 56.9 Å². The van der Waals surface area contributed by atoms with Crippen molar-refractivity contribution in [1.29, 1.82) is 0 Å². The Morgan fingerprint density at radius 3 is 2.38 bits per heavy atom. The molecule has 0 bridgehead atoms. The average molecular weight is 220 g/mol. The lowest BCUT2D eigenvalue weighted by Crippen LogP contribution is -2.34. The third-order valence-electron chi connectivity index (χ3n) is 2.66. The molecule has 0 aliphatic heterocycles. The van der Waals surface area contributed by atoms with Gasteiger partial charge in [-0.2, -0.15) is 0 Å². The Bertz CT molecular complexity index is 318. The zero-order valence-corrected chi connectivity index (χ0v) is 10.9. The minimum atomic E-state index is 0.524. The molecule has 0 aliphatic carbocycles. The van der Waals surface area contributed by atoms with Crippen molar-refractivity contribution < 1.29 is 0 Å². The fourth-order valence-electron chi connectivity index (χ4n) is 1.87. The average Bonchev–Trinajstić information content (AvgIpc) is 2.25. The Morgan fingerprint density at radius 2 is 1.88 bits per heavy atom. The fourth-order valence-corrected chi connectivity index (χ4v) is 1.87. The van der Waals surface area contributed by atoms with Gasteiger partial charge in [-0.1, -0.05) is 26.0 Å². The summed E-state index contributed by atoms with van der Waals surface area (Å²) in [6.07, 6.45) is 0. The standard InChI is InChI=1S/C14H24N2/c1-11(2)10-16(12(3)4)14-7-5-6-13(8-14)9-15/h5-8,11-12H,9-10,15H2,1-4H3. The van der Waals surface area contributed by atoms with Crippen LogP contribution in [0.2, 0.25) is 0 Å². The summed E-state index contributed by atoms with van der Waals surface area (Å²) in [7, 11) is 0. The van der Waals surface area contributed by atoms with E-state index in [-0.39, 0.29) is 0 Å². The zero-order chi connectivity index (χ0) is 12.1. The molecule has 1 aromatic rings. The predicted octanol–water partition coefficient (Wildman–Crippen LogP) is 3.02. The lowest BCUT2D eigenvalue weighted by Gasteiger charge is -2.31. The van der Waals surface area contributed by atoms with Crippen LogP contribution in [0.4, 0.5) is 5.69 Å². The molecule has 0 aromatic heterocycles. The number of nitrogens with zero attached hydrogens (tertiary/aromatic N) is 1. The first-order chi connectivity index (χ1) is 7.54. The SMILES string of the molecule is CC(C)CN(c1cccc(CN)c1)C(C)C. The maximum atomic E-state index is 5.68. The van der Waals surface area contributed by atoms with Crippen LogP contribution in [0.1, 0.15) is 33.3 Å². The lowest BCUT2D eigenvalue weighted by atomic mass is 10.1. The molecule has 0 saturated carbocycles. The number of rotatable bonds is 5. The first-order valence-corrected chi connectivity index (χ1v) is 6.10. The lowest BCUT2D eigenvalue weighted by molar-refractivity contribution is 0.571. The van der Waals surface area contributed by atoms with Gasteiger partial charge in [0.05, 0.1) is 0 Å². The van der Waals surface area contributed by atoms with Crippen LogP contribution in [-0.4, -0.2) is 12.6 Å². The molecule has 2 heteroatoms. The summed E-state index contributed by atoms with van der Waals surface area (Å²) in [4.78, 5) is 2.43. The molecule has 2 N–H and O–H groups in total. The molecule has 90 valence electrons. The maximum absolute atomic E-state index is 5.68. The minimum Gasteiger partial charge on any atom is -0.369 e. The zero-order valence-electron chi connectivity index (χ0n) is 10.9. The summed E-state index contributed by atoms with van der Waals surface area (Å²) in [5, 5.41) is 0.